The molecular formula is C29H33BN6O5. The molecule has 2 aliphatic rings. The van der Waals surface area contributed by atoms with Gasteiger partial charge in [-0.25, -0.2) is 4.98 Å². The number of rotatable bonds is 9. The number of nitrogens with zero attached hydrogens (tertiary/aromatic N) is 4. The average molecular weight is 556 g/mol. The van der Waals surface area contributed by atoms with Crippen LogP contribution < -0.4 is 21.0 Å². The zero-order valence-electron chi connectivity index (χ0n) is 23.3. The lowest BCUT2D eigenvalue weighted by Gasteiger charge is -2.24. The Morgan fingerprint density at radius 3 is 2.68 bits per heavy atom. The summed E-state index contributed by atoms with van der Waals surface area (Å²) in [6, 6.07) is 17.3. The van der Waals surface area contributed by atoms with E-state index >= 15 is 0 Å². The summed E-state index contributed by atoms with van der Waals surface area (Å²) in [7, 11) is 1.25. The van der Waals surface area contributed by atoms with Crippen molar-refractivity contribution in [3.05, 3.63) is 71.9 Å². The summed E-state index contributed by atoms with van der Waals surface area (Å²) >= 11 is 0. The molecule has 41 heavy (non-hydrogen) atoms. The minimum absolute atomic E-state index is 0.113. The van der Waals surface area contributed by atoms with Crippen molar-refractivity contribution in [2.45, 2.75) is 25.5 Å². The van der Waals surface area contributed by atoms with Gasteiger partial charge in [-0.05, 0) is 47.7 Å². The summed E-state index contributed by atoms with van der Waals surface area (Å²) in [4.78, 5) is 11.4. The maximum absolute atomic E-state index is 10.3. The fourth-order valence-electron chi connectivity index (χ4n) is 5.22. The molecule has 2 aromatic heterocycles. The van der Waals surface area contributed by atoms with Crippen molar-refractivity contribution in [2.75, 3.05) is 55.6 Å². The summed E-state index contributed by atoms with van der Waals surface area (Å²) in [5, 5.41) is 21.4. The molecule has 0 aliphatic carbocycles. The molecule has 0 bridgehead atoms. The highest BCUT2D eigenvalue weighted by atomic mass is 16.6. The number of fused-ring (bicyclic) bond motifs is 1. The predicted octanol–water partition coefficient (Wildman–Crippen LogP) is 3.46. The van der Waals surface area contributed by atoms with E-state index in [0.717, 1.165) is 22.3 Å². The Morgan fingerprint density at radius 1 is 1.12 bits per heavy atom. The normalized spacial score (nSPS) is 16.9. The van der Waals surface area contributed by atoms with E-state index in [1.807, 2.05) is 67.3 Å². The van der Waals surface area contributed by atoms with Gasteiger partial charge in [0.25, 0.3) is 11.8 Å². The van der Waals surface area contributed by atoms with Gasteiger partial charge >= 0.3 is 7.12 Å². The van der Waals surface area contributed by atoms with Crippen molar-refractivity contribution < 1.29 is 23.7 Å². The molecule has 212 valence electrons. The highest BCUT2D eigenvalue weighted by Gasteiger charge is 2.42. The van der Waals surface area contributed by atoms with Crippen LogP contribution in [-0.4, -0.2) is 67.4 Å². The first-order chi connectivity index (χ1) is 19.9. The quantitative estimate of drug-likeness (QED) is 0.262. The van der Waals surface area contributed by atoms with Crippen molar-refractivity contribution in [3.63, 3.8) is 0 Å². The Bertz CT molecular complexity index is 1490. The van der Waals surface area contributed by atoms with Gasteiger partial charge in [-0.1, -0.05) is 36.4 Å². The molecule has 0 radical (unpaired) electrons. The van der Waals surface area contributed by atoms with E-state index in [1.165, 1.54) is 0 Å². The van der Waals surface area contributed by atoms with Crippen LogP contribution in [0.25, 0.3) is 11.5 Å². The van der Waals surface area contributed by atoms with E-state index in [-0.39, 0.29) is 12.6 Å². The minimum atomic E-state index is -0.488. The van der Waals surface area contributed by atoms with E-state index in [0.29, 0.717) is 55.2 Å². The van der Waals surface area contributed by atoms with Gasteiger partial charge in [0, 0.05) is 38.1 Å². The number of hydrogen-bond acceptors (Lipinski definition) is 11. The SMILES string of the molecule is COB1OC(C)(C)c2cc(Nc3cc(N[C@H](CO)c4ccccc4)c(-c4nc(N5CCOCC5)no4)cn3)ccc21. The maximum atomic E-state index is 10.3. The Kier molecular flexibility index (Phi) is 7.63. The highest BCUT2D eigenvalue weighted by Crippen LogP contribution is 2.35. The lowest BCUT2D eigenvalue weighted by Crippen LogP contribution is -2.36. The molecule has 11 nitrogen and oxygen atoms in total. The smallest absolute Gasteiger partial charge is 0.410 e. The molecule has 0 amide bonds. The largest absolute Gasteiger partial charge is 0.494 e. The molecule has 0 saturated carbocycles. The molecule has 2 aromatic carbocycles. The number of pyridine rings is 1. The second-order valence-electron chi connectivity index (χ2n) is 10.5. The van der Waals surface area contributed by atoms with Gasteiger partial charge in [0.2, 0.25) is 0 Å². The molecule has 0 spiro atoms. The molecule has 0 unspecified atom stereocenters. The van der Waals surface area contributed by atoms with Gasteiger partial charge in [0.05, 0.1) is 42.7 Å². The molecule has 1 saturated heterocycles. The number of aliphatic hydroxyl groups is 1. The van der Waals surface area contributed by atoms with Crippen molar-refractivity contribution in [1.82, 2.24) is 15.1 Å². The number of hydrogen-bond donors (Lipinski definition) is 3. The minimum Gasteiger partial charge on any atom is -0.410 e. The standard InChI is InChI=1S/C29H33BN6O5/c1-29(2)22-15-20(9-10-23(22)30(38-3)41-29)32-26-16-24(33-25(18-37)19-7-5-4-6-8-19)21(17-31-26)27-34-28(35-40-27)36-11-13-39-14-12-36/h4-10,15-17,25,37H,11-14,18H2,1-3H3,(H2,31,32,33)/t25-/m1/s1. The average Bonchev–Trinajstić information content (AvgIpc) is 3.59. The first-order valence-corrected chi connectivity index (χ1v) is 13.7. The van der Waals surface area contributed by atoms with Crippen molar-refractivity contribution in [2.24, 2.45) is 0 Å². The number of benzene rings is 2. The molecule has 6 rings (SSSR count). The third-order valence-corrected chi connectivity index (χ3v) is 7.40. The number of nitrogens with one attached hydrogen (secondary N) is 2. The van der Waals surface area contributed by atoms with Crippen LogP contribution in [0.1, 0.15) is 31.0 Å². The van der Waals surface area contributed by atoms with Crippen LogP contribution in [0.5, 0.6) is 0 Å². The third kappa shape index (κ3) is 5.64. The first kappa shape index (κ1) is 27.2. The van der Waals surface area contributed by atoms with Crippen LogP contribution in [0.2, 0.25) is 0 Å². The molecule has 1 atom stereocenters. The summed E-state index contributed by atoms with van der Waals surface area (Å²) in [6.45, 7) is 6.56. The topological polar surface area (TPSA) is 127 Å². The number of aromatic nitrogens is 3. The second kappa shape index (κ2) is 11.5. The van der Waals surface area contributed by atoms with Crippen LogP contribution in [0.4, 0.5) is 23.1 Å². The molecule has 1 fully saturated rings. The van der Waals surface area contributed by atoms with Crippen LogP contribution >= 0.6 is 0 Å². The summed E-state index contributed by atoms with van der Waals surface area (Å²) in [5.41, 5.74) is 4.69. The van der Waals surface area contributed by atoms with Crippen molar-refractivity contribution >= 4 is 35.7 Å². The highest BCUT2D eigenvalue weighted by molar-refractivity contribution is 6.63. The number of aliphatic hydroxyl groups excluding tert-OH is 1. The number of anilines is 4. The van der Waals surface area contributed by atoms with Gasteiger partial charge in [-0.3, -0.25) is 0 Å². The fourth-order valence-corrected chi connectivity index (χ4v) is 5.22. The van der Waals surface area contributed by atoms with Crippen LogP contribution in [0, 0.1) is 0 Å². The summed E-state index contributed by atoms with van der Waals surface area (Å²) < 4.78 is 22.7. The monoisotopic (exact) mass is 556 g/mol. The van der Waals surface area contributed by atoms with Crippen LogP contribution in [-0.2, 0) is 19.6 Å². The number of ether oxygens (including phenoxy) is 1. The second-order valence-corrected chi connectivity index (χ2v) is 10.5. The zero-order valence-corrected chi connectivity index (χ0v) is 23.3. The fraction of sp³-hybridized carbons (Fsp3) is 0.345. The van der Waals surface area contributed by atoms with Crippen LogP contribution in [0.15, 0.2) is 65.3 Å². The number of morpholine rings is 1. The Morgan fingerprint density at radius 2 is 1.93 bits per heavy atom. The lowest BCUT2D eigenvalue weighted by molar-refractivity contribution is 0.0930. The van der Waals surface area contributed by atoms with E-state index in [9.17, 15) is 5.11 Å². The van der Waals surface area contributed by atoms with E-state index in [4.69, 9.17) is 18.6 Å². The van der Waals surface area contributed by atoms with Crippen molar-refractivity contribution in [3.8, 4) is 11.5 Å². The van der Waals surface area contributed by atoms with Gasteiger partial charge in [0.15, 0.2) is 0 Å². The first-order valence-electron chi connectivity index (χ1n) is 13.7. The zero-order chi connectivity index (χ0) is 28.4. The Balaban J connectivity index is 1.33. The Hall–Kier alpha value is -3.97. The van der Waals surface area contributed by atoms with Gasteiger partial charge in [-0.2, -0.15) is 4.98 Å². The van der Waals surface area contributed by atoms with Crippen molar-refractivity contribution in [1.29, 1.82) is 0 Å². The van der Waals surface area contributed by atoms with Crippen LogP contribution in [0.3, 0.4) is 0 Å². The molecule has 2 aliphatic heterocycles. The van der Waals surface area contributed by atoms with E-state index in [1.54, 1.807) is 13.3 Å². The Labute approximate surface area is 239 Å². The van der Waals surface area contributed by atoms with Gasteiger partial charge < -0.3 is 39.2 Å². The van der Waals surface area contributed by atoms with Gasteiger partial charge in [-0.15, -0.1) is 0 Å². The molecular weight excluding hydrogens is 523 g/mol. The lowest BCUT2D eigenvalue weighted by atomic mass is 9.77. The molecule has 3 N–H and O–H groups in total. The summed E-state index contributed by atoms with van der Waals surface area (Å²) in [6.07, 6.45) is 1.70. The van der Waals surface area contributed by atoms with E-state index in [2.05, 4.69) is 31.8 Å². The predicted molar refractivity (Wildman–Crippen MR) is 157 cm³/mol. The summed E-state index contributed by atoms with van der Waals surface area (Å²) in [5.74, 6) is 1.45. The van der Waals surface area contributed by atoms with E-state index < -0.39 is 12.7 Å². The third-order valence-electron chi connectivity index (χ3n) is 7.40. The molecule has 4 heterocycles. The molecule has 12 heteroatoms. The van der Waals surface area contributed by atoms with Gasteiger partial charge in [0.1, 0.15) is 5.82 Å². The molecule has 4 aromatic rings. The maximum Gasteiger partial charge on any atom is 0.494 e.